The maximum Gasteiger partial charge on any atom is 0.122 e. The van der Waals surface area contributed by atoms with Crippen LogP contribution in [0.5, 0.6) is 0 Å². The Hall–Kier alpha value is -1.68. The molecule has 2 heterocycles. The average Bonchev–Trinajstić information content (AvgIpc) is 3.14. The monoisotopic (exact) mass is 242 g/mol. The van der Waals surface area contributed by atoms with Crippen molar-refractivity contribution in [2.24, 2.45) is 0 Å². The maximum absolute atomic E-state index is 4.41. The van der Waals surface area contributed by atoms with Crippen molar-refractivity contribution in [1.29, 1.82) is 0 Å². The van der Waals surface area contributed by atoms with Crippen molar-refractivity contribution in [3.8, 4) is 0 Å². The van der Waals surface area contributed by atoms with Gasteiger partial charge in [0, 0.05) is 43.3 Å². The summed E-state index contributed by atoms with van der Waals surface area (Å²) in [6.45, 7) is 1.82. The van der Waals surface area contributed by atoms with Gasteiger partial charge in [-0.15, -0.1) is 0 Å². The Kier molecular flexibility index (Phi) is 3.37. The lowest BCUT2D eigenvalue weighted by Gasteiger charge is -2.08. The van der Waals surface area contributed by atoms with Crippen LogP contribution in [0.4, 0.5) is 0 Å². The lowest BCUT2D eigenvalue weighted by atomic mass is 10.3. The molecule has 0 radical (unpaired) electrons. The Morgan fingerprint density at radius 3 is 2.94 bits per heavy atom. The van der Waals surface area contributed by atoms with Crippen molar-refractivity contribution >= 4 is 0 Å². The highest BCUT2D eigenvalue weighted by atomic mass is 15.1. The molecule has 0 bridgehead atoms. The molecule has 0 aliphatic heterocycles. The standard InChI is InChI=1S/C14H18N4/c1-2-7-15-12(3-1)6-9-18-10-8-16-14(18)11-17-13-4-5-13/h1-3,7-8,10,13,17H,4-6,9,11H2. The highest BCUT2D eigenvalue weighted by Crippen LogP contribution is 2.19. The summed E-state index contributed by atoms with van der Waals surface area (Å²) in [5, 5.41) is 3.50. The first-order valence-electron chi connectivity index (χ1n) is 6.55. The van der Waals surface area contributed by atoms with Gasteiger partial charge in [0.25, 0.3) is 0 Å². The molecular formula is C14H18N4. The van der Waals surface area contributed by atoms with Gasteiger partial charge >= 0.3 is 0 Å². The van der Waals surface area contributed by atoms with Crippen molar-refractivity contribution in [2.45, 2.75) is 38.4 Å². The van der Waals surface area contributed by atoms with Crippen LogP contribution in [0.25, 0.3) is 0 Å². The molecule has 4 nitrogen and oxygen atoms in total. The van der Waals surface area contributed by atoms with Crippen molar-refractivity contribution in [3.63, 3.8) is 0 Å². The zero-order chi connectivity index (χ0) is 12.2. The van der Waals surface area contributed by atoms with Crippen LogP contribution in [0.3, 0.4) is 0 Å². The first-order chi connectivity index (χ1) is 8.92. The summed E-state index contributed by atoms with van der Waals surface area (Å²) in [5.41, 5.74) is 1.13. The van der Waals surface area contributed by atoms with Crippen LogP contribution in [0.15, 0.2) is 36.8 Å². The molecular weight excluding hydrogens is 224 g/mol. The normalized spacial score (nSPS) is 14.9. The quantitative estimate of drug-likeness (QED) is 0.839. The number of hydrogen-bond acceptors (Lipinski definition) is 3. The summed E-state index contributed by atoms with van der Waals surface area (Å²) in [6, 6.07) is 6.78. The van der Waals surface area contributed by atoms with Crippen LogP contribution >= 0.6 is 0 Å². The van der Waals surface area contributed by atoms with Gasteiger partial charge in [-0.25, -0.2) is 4.98 Å². The Bertz CT molecular complexity index is 488. The van der Waals surface area contributed by atoms with E-state index >= 15 is 0 Å². The summed E-state index contributed by atoms with van der Waals surface area (Å²) in [6.07, 6.45) is 9.35. The van der Waals surface area contributed by atoms with Gasteiger partial charge in [0.15, 0.2) is 0 Å². The molecule has 0 atom stereocenters. The van der Waals surface area contributed by atoms with E-state index in [2.05, 4.69) is 25.9 Å². The lowest BCUT2D eigenvalue weighted by molar-refractivity contribution is 0.589. The van der Waals surface area contributed by atoms with E-state index in [1.54, 1.807) is 0 Å². The average molecular weight is 242 g/mol. The number of nitrogens with zero attached hydrogens (tertiary/aromatic N) is 3. The van der Waals surface area contributed by atoms with Crippen molar-refractivity contribution in [1.82, 2.24) is 19.9 Å². The van der Waals surface area contributed by atoms with E-state index in [0.29, 0.717) is 0 Å². The Morgan fingerprint density at radius 2 is 2.17 bits per heavy atom. The minimum atomic E-state index is 0.728. The molecule has 1 fully saturated rings. The predicted octanol–water partition coefficient (Wildman–Crippen LogP) is 1.77. The Morgan fingerprint density at radius 1 is 1.22 bits per heavy atom. The van der Waals surface area contributed by atoms with Crippen LogP contribution < -0.4 is 5.32 Å². The fourth-order valence-corrected chi connectivity index (χ4v) is 2.01. The molecule has 1 aliphatic carbocycles. The smallest absolute Gasteiger partial charge is 0.122 e. The molecule has 0 saturated heterocycles. The second kappa shape index (κ2) is 5.31. The molecule has 0 spiro atoms. The van der Waals surface area contributed by atoms with Gasteiger partial charge in [-0.1, -0.05) is 6.07 Å². The molecule has 3 rings (SSSR count). The van der Waals surface area contributed by atoms with E-state index in [1.165, 1.54) is 12.8 Å². The second-order valence-corrected chi connectivity index (χ2v) is 4.76. The summed E-state index contributed by atoms with van der Waals surface area (Å²) in [5.74, 6) is 1.12. The van der Waals surface area contributed by atoms with E-state index in [4.69, 9.17) is 0 Å². The fourth-order valence-electron chi connectivity index (χ4n) is 2.01. The summed E-state index contributed by atoms with van der Waals surface area (Å²) < 4.78 is 2.21. The van der Waals surface area contributed by atoms with E-state index in [0.717, 1.165) is 37.1 Å². The zero-order valence-electron chi connectivity index (χ0n) is 10.4. The fraction of sp³-hybridized carbons (Fsp3) is 0.429. The summed E-state index contributed by atoms with van der Waals surface area (Å²) >= 11 is 0. The first-order valence-corrected chi connectivity index (χ1v) is 6.55. The molecule has 1 saturated carbocycles. The molecule has 94 valence electrons. The van der Waals surface area contributed by atoms with E-state index in [9.17, 15) is 0 Å². The highest BCUT2D eigenvalue weighted by molar-refractivity contribution is 5.04. The first kappa shape index (κ1) is 11.4. The number of aryl methyl sites for hydroxylation is 2. The van der Waals surface area contributed by atoms with Gasteiger partial charge in [0.05, 0.1) is 6.54 Å². The number of pyridine rings is 1. The number of imidazole rings is 1. The van der Waals surface area contributed by atoms with Crippen molar-refractivity contribution in [3.05, 3.63) is 48.3 Å². The Balaban J connectivity index is 1.56. The molecule has 18 heavy (non-hydrogen) atoms. The SMILES string of the molecule is c1ccc(CCn2ccnc2CNC2CC2)nc1. The second-order valence-electron chi connectivity index (χ2n) is 4.76. The minimum absolute atomic E-state index is 0.728. The molecule has 0 amide bonds. The van der Waals surface area contributed by atoms with Gasteiger partial charge < -0.3 is 9.88 Å². The topological polar surface area (TPSA) is 42.7 Å². The molecule has 1 aliphatic rings. The van der Waals surface area contributed by atoms with E-state index in [-0.39, 0.29) is 0 Å². The molecule has 4 heteroatoms. The van der Waals surface area contributed by atoms with Gasteiger partial charge in [-0.3, -0.25) is 4.98 Å². The number of aromatic nitrogens is 3. The Labute approximate surface area is 107 Å². The highest BCUT2D eigenvalue weighted by Gasteiger charge is 2.20. The van der Waals surface area contributed by atoms with Gasteiger partial charge in [0.2, 0.25) is 0 Å². The van der Waals surface area contributed by atoms with Crippen LogP contribution in [0.1, 0.15) is 24.4 Å². The third-order valence-corrected chi connectivity index (χ3v) is 3.26. The summed E-state index contributed by atoms with van der Waals surface area (Å²) in [7, 11) is 0. The lowest BCUT2D eigenvalue weighted by Crippen LogP contribution is -2.19. The van der Waals surface area contributed by atoms with Crippen LogP contribution in [-0.2, 0) is 19.5 Å². The van der Waals surface area contributed by atoms with Crippen LogP contribution in [0.2, 0.25) is 0 Å². The number of hydrogen-bond donors (Lipinski definition) is 1. The van der Waals surface area contributed by atoms with E-state index in [1.807, 2.05) is 30.7 Å². The zero-order valence-corrected chi connectivity index (χ0v) is 10.4. The molecule has 1 N–H and O–H groups in total. The van der Waals surface area contributed by atoms with Crippen molar-refractivity contribution < 1.29 is 0 Å². The number of rotatable bonds is 6. The number of nitrogens with one attached hydrogen (secondary N) is 1. The van der Waals surface area contributed by atoms with E-state index < -0.39 is 0 Å². The van der Waals surface area contributed by atoms with Gasteiger partial charge in [-0.2, -0.15) is 0 Å². The largest absolute Gasteiger partial charge is 0.333 e. The molecule has 2 aromatic rings. The van der Waals surface area contributed by atoms with Crippen LogP contribution in [-0.4, -0.2) is 20.6 Å². The third kappa shape index (κ3) is 2.96. The molecule has 2 aromatic heterocycles. The molecule has 0 aromatic carbocycles. The summed E-state index contributed by atoms with van der Waals surface area (Å²) in [4.78, 5) is 8.75. The predicted molar refractivity (Wildman–Crippen MR) is 70.0 cm³/mol. The van der Waals surface area contributed by atoms with Crippen molar-refractivity contribution in [2.75, 3.05) is 0 Å². The third-order valence-electron chi connectivity index (χ3n) is 3.26. The van der Waals surface area contributed by atoms with Crippen LogP contribution in [0, 0.1) is 0 Å². The molecule has 0 unspecified atom stereocenters. The maximum atomic E-state index is 4.41. The van der Waals surface area contributed by atoms with Gasteiger partial charge in [-0.05, 0) is 25.0 Å². The van der Waals surface area contributed by atoms with Gasteiger partial charge in [0.1, 0.15) is 5.82 Å². The minimum Gasteiger partial charge on any atom is -0.333 e.